The monoisotopic (exact) mass is 249 g/mol. The Morgan fingerprint density at radius 3 is 2.83 bits per heavy atom. The first-order valence-corrected chi connectivity index (χ1v) is 6.77. The number of methoxy groups -OCH3 is 1. The van der Waals surface area contributed by atoms with Gasteiger partial charge in [0.25, 0.3) is 0 Å². The predicted molar refractivity (Wildman–Crippen MR) is 72.5 cm³/mol. The smallest absolute Gasteiger partial charge is 0.212 e. The fourth-order valence-electron chi connectivity index (χ4n) is 2.30. The molecule has 0 bridgehead atoms. The summed E-state index contributed by atoms with van der Waals surface area (Å²) in [7, 11) is 1.62. The van der Waals surface area contributed by atoms with E-state index in [0.29, 0.717) is 12.4 Å². The molecule has 1 saturated carbocycles. The second kappa shape index (κ2) is 6.71. The average Bonchev–Trinajstić information content (AvgIpc) is 2.37. The van der Waals surface area contributed by atoms with E-state index >= 15 is 0 Å². The zero-order chi connectivity index (χ0) is 12.8. The van der Waals surface area contributed by atoms with E-state index in [1.807, 2.05) is 18.3 Å². The summed E-state index contributed by atoms with van der Waals surface area (Å²) >= 11 is 0. The summed E-state index contributed by atoms with van der Waals surface area (Å²) in [6.45, 7) is 1.64. The van der Waals surface area contributed by atoms with E-state index in [0.717, 1.165) is 18.0 Å². The van der Waals surface area contributed by atoms with E-state index in [-0.39, 0.29) is 6.04 Å². The lowest BCUT2D eigenvalue weighted by atomic mass is 9.83. The van der Waals surface area contributed by atoms with Crippen molar-refractivity contribution < 1.29 is 4.74 Å². The van der Waals surface area contributed by atoms with E-state index in [1.54, 1.807) is 7.11 Å². The molecule has 1 unspecified atom stereocenters. The van der Waals surface area contributed by atoms with Crippen molar-refractivity contribution >= 4 is 0 Å². The summed E-state index contributed by atoms with van der Waals surface area (Å²) in [4.78, 5) is 4.22. The van der Waals surface area contributed by atoms with Crippen LogP contribution >= 0.6 is 0 Å². The molecule has 2 rings (SSSR count). The molecule has 1 aliphatic carbocycles. The zero-order valence-corrected chi connectivity index (χ0v) is 11.1. The first kappa shape index (κ1) is 13.3. The number of ether oxygens (including phenoxy) is 1. The lowest BCUT2D eigenvalue weighted by Crippen LogP contribution is -2.30. The van der Waals surface area contributed by atoms with Crippen LogP contribution in [0.4, 0.5) is 0 Å². The normalized spacial score (nSPS) is 17.2. The summed E-state index contributed by atoms with van der Waals surface area (Å²) in [6, 6.07) is 4.11. The number of nitrogens with zero attached hydrogens (tertiary/aromatic N) is 1. The Labute approximate surface area is 109 Å². The summed E-state index contributed by atoms with van der Waals surface area (Å²) in [5, 5.41) is 3.52. The first-order chi connectivity index (χ1) is 8.83. The fourth-order valence-corrected chi connectivity index (χ4v) is 2.30. The Hall–Kier alpha value is -1.13. The molecule has 18 heavy (non-hydrogen) atoms. The number of hydrogen-bond donors (Lipinski definition) is 2. The molecule has 1 aromatic heterocycles. The van der Waals surface area contributed by atoms with Gasteiger partial charge in [-0.1, -0.05) is 25.3 Å². The molecule has 0 aliphatic heterocycles. The van der Waals surface area contributed by atoms with E-state index in [1.165, 1.54) is 25.7 Å². The molecule has 1 atom stereocenters. The molecule has 0 aromatic carbocycles. The maximum atomic E-state index is 5.82. The van der Waals surface area contributed by atoms with E-state index < -0.39 is 0 Å². The second-order valence-corrected chi connectivity index (χ2v) is 4.96. The maximum absolute atomic E-state index is 5.82. The van der Waals surface area contributed by atoms with Gasteiger partial charge >= 0.3 is 0 Å². The molecule has 0 spiro atoms. The highest BCUT2D eigenvalue weighted by Crippen LogP contribution is 2.29. The van der Waals surface area contributed by atoms with E-state index in [4.69, 9.17) is 10.5 Å². The van der Waals surface area contributed by atoms with Gasteiger partial charge in [0.2, 0.25) is 5.88 Å². The lowest BCUT2D eigenvalue weighted by molar-refractivity contribution is 0.288. The SMILES string of the molecule is COc1ccc(C(CN)NCCC2CCC2)cn1. The van der Waals surface area contributed by atoms with Crippen molar-refractivity contribution in [1.82, 2.24) is 10.3 Å². The van der Waals surface area contributed by atoms with Gasteiger partial charge in [0.15, 0.2) is 0 Å². The second-order valence-electron chi connectivity index (χ2n) is 4.96. The van der Waals surface area contributed by atoms with E-state index in [9.17, 15) is 0 Å². The third-order valence-electron chi connectivity index (χ3n) is 3.77. The van der Waals surface area contributed by atoms with Gasteiger partial charge in [-0.2, -0.15) is 0 Å². The Balaban J connectivity index is 1.81. The zero-order valence-electron chi connectivity index (χ0n) is 11.1. The summed E-state index contributed by atoms with van der Waals surface area (Å²) in [5.74, 6) is 1.58. The highest BCUT2D eigenvalue weighted by molar-refractivity contribution is 5.21. The van der Waals surface area contributed by atoms with Gasteiger partial charge in [-0.05, 0) is 24.4 Å². The van der Waals surface area contributed by atoms with Crippen LogP contribution in [0.3, 0.4) is 0 Å². The van der Waals surface area contributed by atoms with Crippen LogP contribution in [-0.4, -0.2) is 25.2 Å². The van der Waals surface area contributed by atoms with Crippen LogP contribution in [0, 0.1) is 5.92 Å². The van der Waals surface area contributed by atoms with Crippen molar-refractivity contribution in [3.8, 4) is 5.88 Å². The molecule has 4 heteroatoms. The predicted octanol–water partition coefficient (Wildman–Crippen LogP) is 1.87. The molecule has 0 saturated heterocycles. The van der Waals surface area contributed by atoms with Crippen LogP contribution in [-0.2, 0) is 0 Å². The van der Waals surface area contributed by atoms with Crippen LogP contribution in [0.5, 0.6) is 5.88 Å². The Morgan fingerprint density at radius 2 is 2.33 bits per heavy atom. The van der Waals surface area contributed by atoms with Gasteiger partial charge < -0.3 is 15.8 Å². The van der Waals surface area contributed by atoms with Crippen molar-refractivity contribution in [2.75, 3.05) is 20.2 Å². The largest absolute Gasteiger partial charge is 0.481 e. The Kier molecular flexibility index (Phi) is 4.96. The van der Waals surface area contributed by atoms with E-state index in [2.05, 4.69) is 10.3 Å². The number of nitrogens with one attached hydrogen (secondary N) is 1. The number of hydrogen-bond acceptors (Lipinski definition) is 4. The molecule has 1 aromatic rings. The van der Waals surface area contributed by atoms with Gasteiger partial charge in [-0.25, -0.2) is 4.98 Å². The highest BCUT2D eigenvalue weighted by atomic mass is 16.5. The molecule has 0 amide bonds. The van der Waals surface area contributed by atoms with Gasteiger partial charge in [0.1, 0.15) is 0 Å². The van der Waals surface area contributed by atoms with Gasteiger partial charge in [-0.15, -0.1) is 0 Å². The maximum Gasteiger partial charge on any atom is 0.212 e. The lowest BCUT2D eigenvalue weighted by Gasteiger charge is -2.26. The molecular formula is C14H23N3O. The summed E-state index contributed by atoms with van der Waals surface area (Å²) in [6.07, 6.45) is 7.32. The molecule has 0 radical (unpaired) electrons. The third-order valence-corrected chi connectivity index (χ3v) is 3.77. The molecule has 1 heterocycles. The average molecular weight is 249 g/mol. The van der Waals surface area contributed by atoms with Crippen molar-refractivity contribution in [3.05, 3.63) is 23.9 Å². The Morgan fingerprint density at radius 1 is 1.50 bits per heavy atom. The Bertz CT molecular complexity index is 349. The molecular weight excluding hydrogens is 226 g/mol. The third kappa shape index (κ3) is 3.43. The van der Waals surface area contributed by atoms with Crippen LogP contribution in [0.15, 0.2) is 18.3 Å². The van der Waals surface area contributed by atoms with Gasteiger partial charge in [-0.3, -0.25) is 0 Å². The van der Waals surface area contributed by atoms with Crippen molar-refractivity contribution in [2.45, 2.75) is 31.7 Å². The first-order valence-electron chi connectivity index (χ1n) is 6.77. The number of rotatable bonds is 7. The fraction of sp³-hybridized carbons (Fsp3) is 0.643. The quantitative estimate of drug-likeness (QED) is 0.774. The van der Waals surface area contributed by atoms with Crippen molar-refractivity contribution in [1.29, 1.82) is 0 Å². The standard InChI is InChI=1S/C14H23N3O/c1-18-14-6-5-12(10-17-14)13(9-15)16-8-7-11-3-2-4-11/h5-6,10-11,13,16H,2-4,7-9,15H2,1H3. The highest BCUT2D eigenvalue weighted by Gasteiger charge is 2.17. The van der Waals surface area contributed by atoms with Crippen LogP contribution in [0.25, 0.3) is 0 Å². The molecule has 100 valence electrons. The summed E-state index contributed by atoms with van der Waals surface area (Å²) < 4.78 is 5.05. The van der Waals surface area contributed by atoms with Crippen molar-refractivity contribution in [2.24, 2.45) is 11.7 Å². The van der Waals surface area contributed by atoms with Crippen LogP contribution in [0.1, 0.15) is 37.3 Å². The van der Waals surface area contributed by atoms with Crippen molar-refractivity contribution in [3.63, 3.8) is 0 Å². The van der Waals surface area contributed by atoms with Crippen LogP contribution in [0.2, 0.25) is 0 Å². The summed E-state index contributed by atoms with van der Waals surface area (Å²) in [5.41, 5.74) is 6.95. The minimum atomic E-state index is 0.198. The minimum Gasteiger partial charge on any atom is -0.481 e. The number of aromatic nitrogens is 1. The number of nitrogens with two attached hydrogens (primary N) is 1. The molecule has 1 fully saturated rings. The molecule has 3 N–H and O–H groups in total. The van der Waals surface area contributed by atoms with Gasteiger partial charge in [0, 0.05) is 24.8 Å². The molecule has 1 aliphatic rings. The van der Waals surface area contributed by atoms with Gasteiger partial charge in [0.05, 0.1) is 7.11 Å². The number of pyridine rings is 1. The topological polar surface area (TPSA) is 60.2 Å². The molecule has 4 nitrogen and oxygen atoms in total. The van der Waals surface area contributed by atoms with Crippen LogP contribution < -0.4 is 15.8 Å². The minimum absolute atomic E-state index is 0.198.